The minimum absolute atomic E-state index is 0.00634. The SMILES string of the molecule is CCOC(=O)[C@H]1[C@H]2CSC[C@H]2C=C[C@H]1C. The summed E-state index contributed by atoms with van der Waals surface area (Å²) < 4.78 is 5.18. The molecule has 0 aromatic heterocycles. The van der Waals surface area contributed by atoms with E-state index < -0.39 is 0 Å². The summed E-state index contributed by atoms with van der Waals surface area (Å²) >= 11 is 1.96. The molecule has 1 fully saturated rings. The maximum absolute atomic E-state index is 11.9. The van der Waals surface area contributed by atoms with Gasteiger partial charge in [-0.1, -0.05) is 19.1 Å². The van der Waals surface area contributed by atoms with Crippen molar-refractivity contribution in [2.45, 2.75) is 13.8 Å². The van der Waals surface area contributed by atoms with E-state index in [0.29, 0.717) is 24.4 Å². The molecule has 2 aliphatic rings. The van der Waals surface area contributed by atoms with Gasteiger partial charge in [-0.05, 0) is 36.2 Å². The van der Waals surface area contributed by atoms with E-state index in [1.165, 1.54) is 5.75 Å². The molecule has 84 valence electrons. The quantitative estimate of drug-likeness (QED) is 0.534. The van der Waals surface area contributed by atoms with Crippen LogP contribution in [0.15, 0.2) is 12.2 Å². The van der Waals surface area contributed by atoms with Crippen LogP contribution in [0.2, 0.25) is 0 Å². The molecule has 0 saturated carbocycles. The highest BCUT2D eigenvalue weighted by Gasteiger charge is 2.42. The first-order valence-electron chi connectivity index (χ1n) is 5.66. The molecule has 2 rings (SSSR count). The van der Waals surface area contributed by atoms with Gasteiger partial charge in [-0.15, -0.1) is 0 Å². The van der Waals surface area contributed by atoms with Crippen LogP contribution in [0.3, 0.4) is 0 Å². The summed E-state index contributed by atoms with van der Waals surface area (Å²) in [6.45, 7) is 4.50. The van der Waals surface area contributed by atoms with Crippen molar-refractivity contribution in [3.8, 4) is 0 Å². The molecule has 15 heavy (non-hydrogen) atoms. The monoisotopic (exact) mass is 226 g/mol. The third-order valence-corrected chi connectivity index (χ3v) is 4.66. The van der Waals surface area contributed by atoms with Crippen LogP contribution < -0.4 is 0 Å². The van der Waals surface area contributed by atoms with Gasteiger partial charge >= 0.3 is 5.97 Å². The molecule has 1 heterocycles. The third kappa shape index (κ3) is 2.07. The summed E-state index contributed by atoms with van der Waals surface area (Å²) in [5, 5.41) is 0. The van der Waals surface area contributed by atoms with Crippen molar-refractivity contribution in [1.82, 2.24) is 0 Å². The van der Waals surface area contributed by atoms with E-state index >= 15 is 0 Å². The Kier molecular flexibility index (Phi) is 3.39. The van der Waals surface area contributed by atoms with Gasteiger partial charge in [-0.25, -0.2) is 0 Å². The van der Waals surface area contributed by atoms with E-state index in [4.69, 9.17) is 4.74 Å². The van der Waals surface area contributed by atoms with E-state index in [2.05, 4.69) is 19.1 Å². The number of hydrogen-bond donors (Lipinski definition) is 0. The maximum atomic E-state index is 11.9. The fourth-order valence-electron chi connectivity index (χ4n) is 2.61. The van der Waals surface area contributed by atoms with Crippen molar-refractivity contribution >= 4 is 17.7 Å². The molecule has 0 amide bonds. The molecule has 1 aliphatic heterocycles. The first kappa shape index (κ1) is 11.1. The summed E-state index contributed by atoms with van der Waals surface area (Å²) in [4.78, 5) is 11.9. The number of ether oxygens (including phenoxy) is 1. The summed E-state index contributed by atoms with van der Waals surface area (Å²) in [5.74, 6) is 3.83. The third-order valence-electron chi connectivity index (χ3n) is 3.42. The Morgan fingerprint density at radius 2 is 2.27 bits per heavy atom. The molecule has 0 unspecified atom stereocenters. The molecule has 0 bridgehead atoms. The Balaban J connectivity index is 2.14. The van der Waals surface area contributed by atoms with E-state index in [1.807, 2.05) is 18.7 Å². The lowest BCUT2D eigenvalue weighted by Crippen LogP contribution is -2.36. The number of thioether (sulfide) groups is 1. The Labute approximate surface area is 95.5 Å². The molecule has 1 saturated heterocycles. The van der Waals surface area contributed by atoms with Crippen molar-refractivity contribution in [3.63, 3.8) is 0 Å². The molecule has 0 aromatic rings. The Morgan fingerprint density at radius 3 is 3.00 bits per heavy atom. The van der Waals surface area contributed by atoms with Crippen LogP contribution in [0.1, 0.15) is 13.8 Å². The standard InChI is InChI=1S/C12H18O2S/c1-3-14-12(13)11-8(2)4-5-9-6-15-7-10(9)11/h4-5,8-11H,3,6-7H2,1-2H3/t8-,9-,10+,11-/m1/s1. The Bertz CT molecular complexity index is 275. The van der Waals surface area contributed by atoms with E-state index in [9.17, 15) is 4.79 Å². The van der Waals surface area contributed by atoms with Gasteiger partial charge in [-0.3, -0.25) is 4.79 Å². The van der Waals surface area contributed by atoms with Gasteiger partial charge in [0.15, 0.2) is 0 Å². The van der Waals surface area contributed by atoms with Crippen LogP contribution in [0.4, 0.5) is 0 Å². The minimum atomic E-state index is 0.00634. The number of carbonyl (C=O) groups is 1. The highest BCUT2D eigenvalue weighted by molar-refractivity contribution is 7.99. The van der Waals surface area contributed by atoms with Gasteiger partial charge in [-0.2, -0.15) is 11.8 Å². The molecule has 0 spiro atoms. The van der Waals surface area contributed by atoms with Crippen LogP contribution in [-0.2, 0) is 9.53 Å². The number of esters is 1. The van der Waals surface area contributed by atoms with Crippen molar-refractivity contribution < 1.29 is 9.53 Å². The van der Waals surface area contributed by atoms with Gasteiger partial charge in [0.2, 0.25) is 0 Å². The summed E-state index contributed by atoms with van der Waals surface area (Å²) in [5.41, 5.74) is 0. The van der Waals surface area contributed by atoms with Gasteiger partial charge < -0.3 is 4.74 Å². The second-order valence-electron chi connectivity index (χ2n) is 4.39. The summed E-state index contributed by atoms with van der Waals surface area (Å²) in [7, 11) is 0. The van der Waals surface area contributed by atoms with Crippen molar-refractivity contribution in [1.29, 1.82) is 0 Å². The van der Waals surface area contributed by atoms with Gasteiger partial charge in [0, 0.05) is 0 Å². The smallest absolute Gasteiger partial charge is 0.309 e. The van der Waals surface area contributed by atoms with Gasteiger partial charge in [0.25, 0.3) is 0 Å². The predicted octanol–water partition coefficient (Wildman–Crippen LogP) is 2.35. The fourth-order valence-corrected chi connectivity index (χ4v) is 4.10. The van der Waals surface area contributed by atoms with Crippen LogP contribution in [-0.4, -0.2) is 24.1 Å². The first-order valence-corrected chi connectivity index (χ1v) is 6.82. The Hall–Kier alpha value is -0.440. The first-order chi connectivity index (χ1) is 7.24. The van der Waals surface area contributed by atoms with Crippen molar-refractivity contribution in [2.75, 3.05) is 18.1 Å². The molecule has 3 heteroatoms. The normalized spacial score (nSPS) is 38.8. The highest BCUT2D eigenvalue weighted by Crippen LogP contribution is 2.43. The molecule has 4 atom stereocenters. The maximum Gasteiger partial charge on any atom is 0.309 e. The average molecular weight is 226 g/mol. The molecule has 0 aromatic carbocycles. The Morgan fingerprint density at radius 1 is 1.47 bits per heavy atom. The van der Waals surface area contributed by atoms with Crippen molar-refractivity contribution in [2.24, 2.45) is 23.7 Å². The predicted molar refractivity (Wildman–Crippen MR) is 62.7 cm³/mol. The lowest BCUT2D eigenvalue weighted by Gasteiger charge is -2.32. The summed E-state index contributed by atoms with van der Waals surface area (Å²) in [6, 6.07) is 0. The van der Waals surface area contributed by atoms with Crippen LogP contribution in [0.5, 0.6) is 0 Å². The molecular weight excluding hydrogens is 208 g/mol. The van der Waals surface area contributed by atoms with Crippen LogP contribution in [0.25, 0.3) is 0 Å². The zero-order valence-corrected chi connectivity index (χ0v) is 10.1. The topological polar surface area (TPSA) is 26.3 Å². The zero-order valence-electron chi connectivity index (χ0n) is 9.31. The lowest BCUT2D eigenvalue weighted by atomic mass is 9.73. The van der Waals surface area contributed by atoms with Crippen molar-refractivity contribution in [3.05, 3.63) is 12.2 Å². The molecular formula is C12H18O2S. The number of rotatable bonds is 2. The molecule has 1 aliphatic carbocycles. The molecule has 2 nitrogen and oxygen atoms in total. The van der Waals surface area contributed by atoms with Crippen LogP contribution >= 0.6 is 11.8 Å². The van der Waals surface area contributed by atoms with Gasteiger partial charge in [0.1, 0.15) is 0 Å². The lowest BCUT2D eigenvalue weighted by molar-refractivity contribution is -0.151. The second kappa shape index (κ2) is 4.60. The molecule has 0 radical (unpaired) electrons. The van der Waals surface area contributed by atoms with E-state index in [0.717, 1.165) is 5.75 Å². The highest BCUT2D eigenvalue weighted by atomic mass is 32.2. The van der Waals surface area contributed by atoms with E-state index in [1.54, 1.807) is 0 Å². The minimum Gasteiger partial charge on any atom is -0.466 e. The van der Waals surface area contributed by atoms with E-state index in [-0.39, 0.29) is 11.9 Å². The molecule has 0 N–H and O–H groups in total. The second-order valence-corrected chi connectivity index (χ2v) is 5.46. The number of hydrogen-bond acceptors (Lipinski definition) is 3. The number of fused-ring (bicyclic) bond motifs is 1. The van der Waals surface area contributed by atoms with Gasteiger partial charge in [0.05, 0.1) is 12.5 Å². The number of carbonyl (C=O) groups excluding carboxylic acids is 1. The zero-order chi connectivity index (χ0) is 10.8. The van der Waals surface area contributed by atoms with Crippen LogP contribution in [0, 0.1) is 23.7 Å². The number of allylic oxidation sites excluding steroid dienone is 2. The largest absolute Gasteiger partial charge is 0.466 e. The fraction of sp³-hybridized carbons (Fsp3) is 0.750. The summed E-state index contributed by atoms with van der Waals surface area (Å²) in [6.07, 6.45) is 4.49. The average Bonchev–Trinajstić information content (AvgIpc) is 2.65.